The van der Waals surface area contributed by atoms with Gasteiger partial charge < -0.3 is 22.3 Å². The van der Waals surface area contributed by atoms with Gasteiger partial charge in [0.05, 0.1) is 0 Å². The molecule has 0 aliphatic carbocycles. The molecule has 0 fully saturated rings. The Balaban J connectivity index is 0. The van der Waals surface area contributed by atoms with Crippen LogP contribution < -0.4 is 17.2 Å². The maximum Gasteiger partial charge on any atom is 0.320 e. The first-order valence-electron chi connectivity index (χ1n) is 3.94. The van der Waals surface area contributed by atoms with E-state index in [2.05, 4.69) is 5.73 Å². The molecule has 0 heterocycles. The number of carboxylic acids is 1. The number of unbranched alkanes of at least 4 members (excludes halogenated alkanes) is 1. The van der Waals surface area contributed by atoms with E-state index in [1.54, 1.807) is 0 Å². The summed E-state index contributed by atoms with van der Waals surface area (Å²) < 4.78 is 0. The first-order valence-corrected chi connectivity index (χ1v) is 3.94. The second-order valence-corrected chi connectivity index (χ2v) is 2.37. The summed E-state index contributed by atoms with van der Waals surface area (Å²) >= 11 is 0. The van der Waals surface area contributed by atoms with Crippen molar-refractivity contribution in [2.24, 2.45) is 17.2 Å². The molecule has 1 unspecified atom stereocenters. The van der Waals surface area contributed by atoms with Crippen molar-refractivity contribution in [3.8, 4) is 0 Å². The third-order valence-corrected chi connectivity index (χ3v) is 1.29. The van der Waals surface area contributed by atoms with Crippen LogP contribution in [0, 0.1) is 0 Å². The summed E-state index contributed by atoms with van der Waals surface area (Å²) in [4.78, 5) is 18.7. The van der Waals surface area contributed by atoms with Crippen molar-refractivity contribution < 1.29 is 14.7 Å². The fraction of sp³-hybridized carbons (Fsp3) is 0.714. The molecule has 6 heteroatoms. The molecule has 0 rings (SSSR count). The maximum absolute atomic E-state index is 10.1. The predicted octanol–water partition coefficient (Wildman–Crippen LogP) is -1.37. The number of hydrogen-bond donors (Lipinski definition) is 4. The lowest BCUT2D eigenvalue weighted by atomic mass is 10.1. The molecule has 0 aliphatic heterocycles. The first kappa shape index (κ1) is 14.4. The summed E-state index contributed by atoms with van der Waals surface area (Å²) in [5.41, 5.74) is 14.6. The van der Waals surface area contributed by atoms with Crippen LogP contribution >= 0.6 is 0 Å². The molecule has 0 aliphatic rings. The van der Waals surface area contributed by atoms with Crippen LogP contribution in [-0.4, -0.2) is 30.1 Å². The zero-order valence-corrected chi connectivity index (χ0v) is 7.48. The van der Waals surface area contributed by atoms with Crippen molar-refractivity contribution in [2.75, 3.05) is 6.54 Å². The molecule has 1 atom stereocenters. The Hall–Kier alpha value is -1.14. The minimum atomic E-state index is -0.933. The number of carbonyl (C=O) groups is 2. The van der Waals surface area contributed by atoms with Gasteiger partial charge in [0.15, 0.2) is 0 Å². The van der Waals surface area contributed by atoms with Crippen molar-refractivity contribution in [1.29, 1.82) is 0 Å². The van der Waals surface area contributed by atoms with E-state index in [-0.39, 0.29) is 6.41 Å². The van der Waals surface area contributed by atoms with Gasteiger partial charge in [-0.15, -0.1) is 0 Å². The summed E-state index contributed by atoms with van der Waals surface area (Å²) in [6, 6.07) is -0.716. The van der Waals surface area contributed by atoms with Crippen molar-refractivity contribution in [3.05, 3.63) is 0 Å². The van der Waals surface area contributed by atoms with E-state index in [1.165, 1.54) is 0 Å². The summed E-state index contributed by atoms with van der Waals surface area (Å²) in [5, 5.41) is 8.33. The second-order valence-electron chi connectivity index (χ2n) is 2.37. The molecular formula is C7H17N3O3. The number of amides is 1. The Kier molecular flexibility index (Phi) is 12.0. The zero-order chi connectivity index (χ0) is 10.7. The standard InChI is InChI=1S/C6H14N2O2.CH3NO/c7-4-2-1-3-5(8)6(9)10;2-1-3/h5H,1-4,7-8H2,(H,9,10);1H,(H2,2,3). The van der Waals surface area contributed by atoms with Gasteiger partial charge in [0, 0.05) is 0 Å². The van der Waals surface area contributed by atoms with Crippen LogP contribution in [0.4, 0.5) is 0 Å². The van der Waals surface area contributed by atoms with Crippen LogP contribution in [0.2, 0.25) is 0 Å². The summed E-state index contributed by atoms with van der Waals surface area (Å²) in [7, 11) is 0. The molecule has 0 spiro atoms. The lowest BCUT2D eigenvalue weighted by molar-refractivity contribution is -0.138. The normalized spacial score (nSPS) is 10.9. The minimum Gasteiger partial charge on any atom is -0.480 e. The number of primary amides is 1. The highest BCUT2D eigenvalue weighted by Crippen LogP contribution is 1.96. The molecule has 0 aromatic rings. The maximum atomic E-state index is 10.1. The number of carbonyl (C=O) groups excluding carboxylic acids is 1. The third kappa shape index (κ3) is 13.8. The Morgan fingerprint density at radius 1 is 1.46 bits per heavy atom. The van der Waals surface area contributed by atoms with Gasteiger partial charge in [-0.1, -0.05) is 6.42 Å². The van der Waals surface area contributed by atoms with E-state index in [4.69, 9.17) is 21.4 Å². The summed E-state index contributed by atoms with van der Waals surface area (Å²) in [6.07, 6.45) is 2.41. The van der Waals surface area contributed by atoms with Gasteiger partial charge in [-0.3, -0.25) is 9.59 Å². The van der Waals surface area contributed by atoms with Crippen molar-refractivity contribution in [2.45, 2.75) is 25.3 Å². The van der Waals surface area contributed by atoms with Crippen LogP contribution in [0.15, 0.2) is 0 Å². The fourth-order valence-electron chi connectivity index (χ4n) is 0.632. The number of aliphatic carboxylic acids is 1. The van der Waals surface area contributed by atoms with E-state index in [0.717, 1.165) is 12.8 Å². The zero-order valence-electron chi connectivity index (χ0n) is 7.48. The highest BCUT2D eigenvalue weighted by Gasteiger charge is 2.09. The first-order chi connectivity index (χ1) is 6.09. The lowest BCUT2D eigenvalue weighted by Crippen LogP contribution is -2.29. The Morgan fingerprint density at radius 2 is 1.92 bits per heavy atom. The van der Waals surface area contributed by atoms with E-state index in [0.29, 0.717) is 13.0 Å². The van der Waals surface area contributed by atoms with Gasteiger partial charge >= 0.3 is 5.97 Å². The predicted molar refractivity (Wildman–Crippen MR) is 48.8 cm³/mol. The van der Waals surface area contributed by atoms with Crippen molar-refractivity contribution in [1.82, 2.24) is 0 Å². The molecule has 13 heavy (non-hydrogen) atoms. The van der Waals surface area contributed by atoms with Crippen molar-refractivity contribution >= 4 is 12.4 Å². The lowest BCUT2D eigenvalue weighted by Gasteiger charge is -2.03. The molecule has 0 bridgehead atoms. The fourth-order valence-corrected chi connectivity index (χ4v) is 0.632. The molecule has 6 nitrogen and oxygen atoms in total. The summed E-state index contributed by atoms with van der Waals surface area (Å²) in [6.45, 7) is 0.604. The molecule has 7 N–H and O–H groups in total. The van der Waals surface area contributed by atoms with Gasteiger partial charge in [-0.25, -0.2) is 0 Å². The number of carboxylic acid groups (broad SMARTS) is 1. The average molecular weight is 191 g/mol. The van der Waals surface area contributed by atoms with Crippen LogP contribution in [0.5, 0.6) is 0 Å². The van der Waals surface area contributed by atoms with E-state index in [1.807, 2.05) is 0 Å². The number of rotatable bonds is 5. The molecule has 0 aromatic carbocycles. The number of nitrogens with two attached hydrogens (primary N) is 3. The molecular weight excluding hydrogens is 174 g/mol. The monoisotopic (exact) mass is 191 g/mol. The minimum absolute atomic E-state index is 0.250. The molecule has 0 saturated carbocycles. The number of hydrogen-bond acceptors (Lipinski definition) is 4. The van der Waals surface area contributed by atoms with Crippen LogP contribution in [-0.2, 0) is 9.59 Å². The molecule has 0 aromatic heterocycles. The van der Waals surface area contributed by atoms with Gasteiger partial charge in [0.1, 0.15) is 6.04 Å². The second kappa shape index (κ2) is 10.9. The molecule has 1 amide bonds. The molecule has 0 saturated heterocycles. The van der Waals surface area contributed by atoms with Gasteiger partial charge in [-0.2, -0.15) is 0 Å². The molecule has 0 radical (unpaired) electrons. The summed E-state index contributed by atoms with van der Waals surface area (Å²) in [5.74, 6) is -0.933. The SMILES string of the molecule is NC=O.NCCCCC(N)C(=O)O. The van der Waals surface area contributed by atoms with Crippen LogP contribution in [0.25, 0.3) is 0 Å². The van der Waals surface area contributed by atoms with Gasteiger partial charge in [0.2, 0.25) is 6.41 Å². The highest BCUT2D eigenvalue weighted by atomic mass is 16.4. The smallest absolute Gasteiger partial charge is 0.320 e. The quantitative estimate of drug-likeness (QED) is 0.314. The topological polar surface area (TPSA) is 132 Å². The van der Waals surface area contributed by atoms with E-state index >= 15 is 0 Å². The van der Waals surface area contributed by atoms with E-state index < -0.39 is 12.0 Å². The third-order valence-electron chi connectivity index (χ3n) is 1.29. The highest BCUT2D eigenvalue weighted by molar-refractivity contribution is 5.72. The Labute approximate surface area is 77.1 Å². The van der Waals surface area contributed by atoms with Crippen LogP contribution in [0.3, 0.4) is 0 Å². The average Bonchev–Trinajstić information content (AvgIpc) is 2.06. The Morgan fingerprint density at radius 3 is 2.23 bits per heavy atom. The van der Waals surface area contributed by atoms with Crippen LogP contribution in [0.1, 0.15) is 19.3 Å². The molecule has 78 valence electrons. The van der Waals surface area contributed by atoms with Gasteiger partial charge in [0.25, 0.3) is 0 Å². The van der Waals surface area contributed by atoms with Crippen molar-refractivity contribution in [3.63, 3.8) is 0 Å². The van der Waals surface area contributed by atoms with Gasteiger partial charge in [-0.05, 0) is 19.4 Å². The largest absolute Gasteiger partial charge is 0.480 e. The van der Waals surface area contributed by atoms with E-state index in [9.17, 15) is 4.79 Å². The Bertz CT molecular complexity index is 141.